The van der Waals surface area contributed by atoms with Gasteiger partial charge in [0.2, 0.25) is 5.91 Å². The number of carbonyl (C=O) groups is 1. The van der Waals surface area contributed by atoms with Crippen LogP contribution in [0.5, 0.6) is 0 Å². The van der Waals surface area contributed by atoms with E-state index in [1.54, 1.807) is 0 Å². The number of amides is 1. The maximum Gasteiger partial charge on any atom is 0.223 e. The molecule has 1 atom stereocenters. The molecular formula is C18H28N2O2. The number of hydrogen-bond acceptors (Lipinski definition) is 3. The summed E-state index contributed by atoms with van der Waals surface area (Å²) in [6.07, 6.45) is 1.29. The first kappa shape index (κ1) is 17.0. The van der Waals surface area contributed by atoms with Crippen LogP contribution in [0.4, 0.5) is 0 Å². The molecule has 0 spiro atoms. The van der Waals surface area contributed by atoms with Gasteiger partial charge >= 0.3 is 0 Å². The molecule has 0 aromatic heterocycles. The molecule has 1 heterocycles. The third kappa shape index (κ3) is 4.82. The molecule has 1 unspecified atom stereocenters. The van der Waals surface area contributed by atoms with Crippen molar-refractivity contribution in [2.75, 3.05) is 19.6 Å². The number of hydrogen-bond donors (Lipinski definition) is 2. The van der Waals surface area contributed by atoms with Gasteiger partial charge in [-0.05, 0) is 52.3 Å². The number of nitrogens with zero attached hydrogens (tertiary/aromatic N) is 1. The van der Waals surface area contributed by atoms with Crippen molar-refractivity contribution >= 4 is 5.91 Å². The van der Waals surface area contributed by atoms with E-state index in [-0.39, 0.29) is 17.9 Å². The maximum absolute atomic E-state index is 12.0. The highest BCUT2D eigenvalue weighted by Gasteiger charge is 2.26. The van der Waals surface area contributed by atoms with E-state index in [1.807, 2.05) is 45.0 Å². The summed E-state index contributed by atoms with van der Waals surface area (Å²) in [5, 5.41) is 13.3. The minimum absolute atomic E-state index is 0.121. The molecule has 22 heavy (non-hydrogen) atoms. The van der Waals surface area contributed by atoms with E-state index in [2.05, 4.69) is 10.2 Å². The van der Waals surface area contributed by atoms with Crippen LogP contribution in [0.25, 0.3) is 0 Å². The number of β-amino-alcohol motifs (C(OH)–C–C–N with tert-alkyl or cyclic N) is 1. The quantitative estimate of drug-likeness (QED) is 0.877. The number of likely N-dealkylation sites (tertiary alicyclic amines) is 1. The lowest BCUT2D eigenvalue weighted by molar-refractivity contribution is -0.127. The van der Waals surface area contributed by atoms with E-state index >= 15 is 0 Å². The zero-order valence-corrected chi connectivity index (χ0v) is 13.9. The van der Waals surface area contributed by atoms with Gasteiger partial charge in [-0.2, -0.15) is 0 Å². The van der Waals surface area contributed by atoms with E-state index in [4.69, 9.17) is 0 Å². The second-order valence-corrected chi connectivity index (χ2v) is 6.66. The highest BCUT2D eigenvalue weighted by atomic mass is 16.3. The molecule has 4 heteroatoms. The van der Waals surface area contributed by atoms with Crippen molar-refractivity contribution in [2.24, 2.45) is 5.92 Å². The molecule has 0 bridgehead atoms. The number of aliphatic hydroxyl groups excluding tert-OH is 1. The average molecular weight is 304 g/mol. The molecule has 0 aliphatic carbocycles. The van der Waals surface area contributed by atoms with Crippen molar-refractivity contribution < 1.29 is 9.90 Å². The van der Waals surface area contributed by atoms with Gasteiger partial charge in [0.25, 0.3) is 0 Å². The van der Waals surface area contributed by atoms with Crippen LogP contribution in [0, 0.1) is 12.8 Å². The lowest BCUT2D eigenvalue weighted by atomic mass is 9.95. The molecule has 1 aromatic carbocycles. The van der Waals surface area contributed by atoms with Crippen LogP contribution < -0.4 is 5.32 Å². The third-order valence-corrected chi connectivity index (χ3v) is 4.28. The Balaban J connectivity index is 1.79. The van der Waals surface area contributed by atoms with Gasteiger partial charge in [0, 0.05) is 18.5 Å². The molecule has 2 rings (SSSR count). The highest BCUT2D eigenvalue weighted by Crippen LogP contribution is 2.21. The largest absolute Gasteiger partial charge is 0.387 e. The second-order valence-electron chi connectivity index (χ2n) is 6.66. The molecule has 1 aromatic rings. The highest BCUT2D eigenvalue weighted by molar-refractivity contribution is 5.78. The van der Waals surface area contributed by atoms with Crippen LogP contribution in [0.3, 0.4) is 0 Å². The van der Waals surface area contributed by atoms with Crippen LogP contribution in [0.1, 0.15) is 43.9 Å². The number of aryl methyl sites for hydroxylation is 1. The van der Waals surface area contributed by atoms with Gasteiger partial charge in [-0.3, -0.25) is 4.79 Å². The zero-order chi connectivity index (χ0) is 16.1. The maximum atomic E-state index is 12.0. The fourth-order valence-electron chi connectivity index (χ4n) is 2.92. The molecule has 2 N–H and O–H groups in total. The van der Waals surface area contributed by atoms with Gasteiger partial charge in [0.05, 0.1) is 6.10 Å². The molecule has 1 aliphatic heterocycles. The second kappa shape index (κ2) is 7.75. The van der Waals surface area contributed by atoms with Crippen LogP contribution in [-0.4, -0.2) is 41.6 Å². The first-order chi connectivity index (χ1) is 10.5. The standard InChI is InChI=1S/C18H28N2O2/c1-13(2)19-18(22)16-8-10-20(11-9-16)12-17(21)15-6-4-14(3)5-7-15/h4-7,13,16-17,21H,8-12H2,1-3H3,(H,19,22). The minimum Gasteiger partial charge on any atom is -0.387 e. The molecule has 4 nitrogen and oxygen atoms in total. The fraction of sp³-hybridized carbons (Fsp3) is 0.611. The van der Waals surface area contributed by atoms with Crippen LogP contribution in [0.2, 0.25) is 0 Å². The Morgan fingerprint density at radius 1 is 1.27 bits per heavy atom. The van der Waals surface area contributed by atoms with Crippen molar-refractivity contribution in [3.63, 3.8) is 0 Å². The van der Waals surface area contributed by atoms with Gasteiger partial charge < -0.3 is 15.3 Å². The Kier molecular flexibility index (Phi) is 5.98. The van der Waals surface area contributed by atoms with Gasteiger partial charge in [-0.1, -0.05) is 29.8 Å². The van der Waals surface area contributed by atoms with Crippen molar-refractivity contribution in [3.8, 4) is 0 Å². The predicted molar refractivity (Wildman–Crippen MR) is 88.6 cm³/mol. The van der Waals surface area contributed by atoms with E-state index in [0.29, 0.717) is 6.54 Å². The van der Waals surface area contributed by atoms with Crippen molar-refractivity contribution in [1.82, 2.24) is 10.2 Å². The number of aliphatic hydroxyl groups is 1. The topological polar surface area (TPSA) is 52.6 Å². The molecule has 122 valence electrons. The Labute approximate surface area is 133 Å². The summed E-state index contributed by atoms with van der Waals surface area (Å²) >= 11 is 0. The van der Waals surface area contributed by atoms with E-state index in [9.17, 15) is 9.90 Å². The Morgan fingerprint density at radius 3 is 2.41 bits per heavy atom. The van der Waals surface area contributed by atoms with Gasteiger partial charge in [-0.25, -0.2) is 0 Å². The molecule has 1 saturated heterocycles. The molecule has 1 aliphatic rings. The number of carbonyl (C=O) groups excluding carboxylic acids is 1. The first-order valence-corrected chi connectivity index (χ1v) is 8.23. The van der Waals surface area contributed by atoms with E-state index in [1.165, 1.54) is 5.56 Å². The van der Waals surface area contributed by atoms with E-state index in [0.717, 1.165) is 31.5 Å². The number of benzene rings is 1. The smallest absolute Gasteiger partial charge is 0.223 e. The zero-order valence-electron chi connectivity index (χ0n) is 13.9. The Morgan fingerprint density at radius 2 is 1.86 bits per heavy atom. The molecule has 0 saturated carbocycles. The first-order valence-electron chi connectivity index (χ1n) is 8.23. The fourth-order valence-corrected chi connectivity index (χ4v) is 2.92. The van der Waals surface area contributed by atoms with Gasteiger partial charge in [0.15, 0.2) is 0 Å². The number of rotatable bonds is 5. The summed E-state index contributed by atoms with van der Waals surface area (Å²) in [5.74, 6) is 0.295. The van der Waals surface area contributed by atoms with Crippen LogP contribution >= 0.6 is 0 Å². The molecule has 0 radical (unpaired) electrons. The van der Waals surface area contributed by atoms with E-state index < -0.39 is 6.10 Å². The monoisotopic (exact) mass is 304 g/mol. The van der Waals surface area contributed by atoms with Crippen LogP contribution in [0.15, 0.2) is 24.3 Å². The normalized spacial score (nSPS) is 18.4. The third-order valence-electron chi connectivity index (χ3n) is 4.28. The SMILES string of the molecule is Cc1ccc(C(O)CN2CCC(C(=O)NC(C)C)CC2)cc1. The summed E-state index contributed by atoms with van der Waals surface area (Å²) < 4.78 is 0. The number of piperidine rings is 1. The average Bonchev–Trinajstić information content (AvgIpc) is 2.48. The van der Waals surface area contributed by atoms with Gasteiger partial charge in [0.1, 0.15) is 0 Å². The Bertz CT molecular complexity index is 476. The number of nitrogens with one attached hydrogen (secondary N) is 1. The van der Waals surface area contributed by atoms with Crippen molar-refractivity contribution in [2.45, 2.75) is 45.8 Å². The summed E-state index contributed by atoms with van der Waals surface area (Å²) in [7, 11) is 0. The molecule has 1 fully saturated rings. The molecular weight excluding hydrogens is 276 g/mol. The molecule has 1 amide bonds. The predicted octanol–water partition coefficient (Wildman–Crippen LogP) is 2.27. The van der Waals surface area contributed by atoms with Gasteiger partial charge in [-0.15, -0.1) is 0 Å². The summed E-state index contributed by atoms with van der Waals surface area (Å²) in [4.78, 5) is 14.3. The summed E-state index contributed by atoms with van der Waals surface area (Å²) in [5.41, 5.74) is 2.17. The summed E-state index contributed by atoms with van der Waals surface area (Å²) in [6, 6.07) is 8.24. The lowest BCUT2D eigenvalue weighted by Crippen LogP contribution is -2.43. The summed E-state index contributed by atoms with van der Waals surface area (Å²) in [6.45, 7) is 8.42. The lowest BCUT2D eigenvalue weighted by Gasteiger charge is -2.32. The van der Waals surface area contributed by atoms with Crippen molar-refractivity contribution in [3.05, 3.63) is 35.4 Å². The van der Waals surface area contributed by atoms with Crippen LogP contribution in [-0.2, 0) is 4.79 Å². The van der Waals surface area contributed by atoms with Crippen molar-refractivity contribution in [1.29, 1.82) is 0 Å². The minimum atomic E-state index is -0.457. The Hall–Kier alpha value is -1.39.